The van der Waals surface area contributed by atoms with E-state index in [1.54, 1.807) is 4.90 Å². The van der Waals surface area contributed by atoms with Crippen LogP contribution in [0.5, 0.6) is 0 Å². The predicted octanol–water partition coefficient (Wildman–Crippen LogP) is 2.11. The van der Waals surface area contributed by atoms with Crippen molar-refractivity contribution in [2.75, 3.05) is 13.1 Å². The maximum atomic E-state index is 12.8. The lowest BCUT2D eigenvalue weighted by Gasteiger charge is -2.32. The molecular formula is C19H28N2O4. The van der Waals surface area contributed by atoms with Crippen molar-refractivity contribution in [1.82, 2.24) is 10.2 Å². The Hall–Kier alpha value is -2.08. The first kappa shape index (κ1) is 19.2. The molecule has 2 N–H and O–H groups in total. The summed E-state index contributed by atoms with van der Waals surface area (Å²) in [4.78, 5) is 26.7. The van der Waals surface area contributed by atoms with Crippen LogP contribution in [0.3, 0.4) is 0 Å². The van der Waals surface area contributed by atoms with Crippen LogP contribution in [0.2, 0.25) is 0 Å². The molecule has 1 unspecified atom stereocenters. The number of ether oxygens (including phenoxy) is 1. The van der Waals surface area contributed by atoms with Crippen molar-refractivity contribution >= 4 is 12.0 Å². The fourth-order valence-electron chi connectivity index (χ4n) is 2.76. The molecule has 6 heteroatoms. The zero-order valence-corrected chi connectivity index (χ0v) is 15.2. The Kier molecular flexibility index (Phi) is 6.42. The normalized spacial score (nSPS) is 17.0. The standard InChI is InChI=1S/C19H28N2O4/c1-19(2,3)20-18(24)25-16(13-14-7-5-4-6-8-14)17(23)21-11-9-15(22)10-12-21/h4-8,15-16,22H,9-13H2,1-3H3,(H,20,24). The van der Waals surface area contributed by atoms with Gasteiger partial charge in [0.15, 0.2) is 6.10 Å². The average molecular weight is 348 g/mol. The third kappa shape index (κ3) is 6.38. The Balaban J connectivity index is 2.08. The Morgan fingerprint density at radius 2 is 1.84 bits per heavy atom. The number of benzene rings is 1. The maximum absolute atomic E-state index is 12.8. The molecule has 0 aliphatic carbocycles. The van der Waals surface area contributed by atoms with E-state index in [0.717, 1.165) is 5.56 Å². The maximum Gasteiger partial charge on any atom is 0.408 e. The van der Waals surface area contributed by atoms with Gasteiger partial charge in [0.05, 0.1) is 6.10 Å². The second-order valence-electron chi connectivity index (χ2n) is 7.52. The molecule has 6 nitrogen and oxygen atoms in total. The van der Waals surface area contributed by atoms with Gasteiger partial charge >= 0.3 is 6.09 Å². The molecule has 0 spiro atoms. The van der Waals surface area contributed by atoms with Crippen LogP contribution >= 0.6 is 0 Å². The summed E-state index contributed by atoms with van der Waals surface area (Å²) in [7, 11) is 0. The minimum atomic E-state index is -0.875. The molecule has 25 heavy (non-hydrogen) atoms. The number of amides is 2. The number of nitrogens with zero attached hydrogens (tertiary/aromatic N) is 1. The number of likely N-dealkylation sites (tertiary alicyclic amines) is 1. The monoisotopic (exact) mass is 348 g/mol. The number of carbonyl (C=O) groups is 2. The van der Waals surface area contributed by atoms with Gasteiger partial charge in [-0.1, -0.05) is 30.3 Å². The van der Waals surface area contributed by atoms with E-state index in [2.05, 4.69) is 5.32 Å². The first-order chi connectivity index (χ1) is 11.7. The minimum Gasteiger partial charge on any atom is -0.436 e. The van der Waals surface area contributed by atoms with Gasteiger partial charge in [-0.15, -0.1) is 0 Å². The molecule has 1 atom stereocenters. The van der Waals surface area contributed by atoms with E-state index in [9.17, 15) is 14.7 Å². The van der Waals surface area contributed by atoms with E-state index in [1.165, 1.54) is 0 Å². The zero-order valence-electron chi connectivity index (χ0n) is 15.2. The highest BCUT2D eigenvalue weighted by Crippen LogP contribution is 2.15. The molecule has 2 amide bonds. The van der Waals surface area contributed by atoms with Crippen LogP contribution in [0.1, 0.15) is 39.2 Å². The number of rotatable bonds is 4. The van der Waals surface area contributed by atoms with E-state index in [4.69, 9.17) is 4.74 Å². The van der Waals surface area contributed by atoms with Gasteiger partial charge in [-0.05, 0) is 39.2 Å². The molecule has 1 fully saturated rings. The third-order valence-electron chi connectivity index (χ3n) is 4.04. The lowest BCUT2D eigenvalue weighted by molar-refractivity contribution is -0.142. The summed E-state index contributed by atoms with van der Waals surface area (Å²) in [5, 5.41) is 12.4. The number of nitrogens with one attached hydrogen (secondary N) is 1. The molecule has 0 bridgehead atoms. The highest BCUT2D eigenvalue weighted by molar-refractivity contribution is 5.84. The summed E-state index contributed by atoms with van der Waals surface area (Å²) in [6, 6.07) is 9.50. The quantitative estimate of drug-likeness (QED) is 0.873. The van der Waals surface area contributed by atoms with Gasteiger partial charge in [0.1, 0.15) is 0 Å². The molecule has 1 aliphatic rings. The lowest BCUT2D eigenvalue weighted by Crippen LogP contribution is -2.49. The van der Waals surface area contributed by atoms with E-state index in [1.807, 2.05) is 51.1 Å². The van der Waals surface area contributed by atoms with E-state index >= 15 is 0 Å². The van der Waals surface area contributed by atoms with Gasteiger partial charge in [0.25, 0.3) is 5.91 Å². The minimum absolute atomic E-state index is 0.209. The average Bonchev–Trinajstić information content (AvgIpc) is 2.53. The smallest absolute Gasteiger partial charge is 0.408 e. The molecule has 1 saturated heterocycles. The molecule has 0 aromatic heterocycles. The Labute approximate surface area is 149 Å². The number of carbonyl (C=O) groups excluding carboxylic acids is 2. The van der Waals surface area contributed by atoms with Gasteiger partial charge in [-0.3, -0.25) is 4.79 Å². The third-order valence-corrected chi connectivity index (χ3v) is 4.04. The topological polar surface area (TPSA) is 78.9 Å². The summed E-state index contributed by atoms with van der Waals surface area (Å²) in [5.41, 5.74) is 0.494. The number of hydrogen-bond donors (Lipinski definition) is 2. The number of alkyl carbamates (subject to hydrolysis) is 1. The second kappa shape index (κ2) is 8.34. The summed E-state index contributed by atoms with van der Waals surface area (Å²) in [6.07, 6.45) is -0.396. The van der Waals surface area contributed by atoms with Crippen LogP contribution < -0.4 is 5.32 Å². The molecule has 1 aliphatic heterocycles. The van der Waals surface area contributed by atoms with Crippen molar-refractivity contribution in [2.45, 2.75) is 57.8 Å². The van der Waals surface area contributed by atoms with Crippen LogP contribution in [0.25, 0.3) is 0 Å². The van der Waals surface area contributed by atoms with Crippen molar-refractivity contribution in [3.8, 4) is 0 Å². The number of aliphatic hydroxyl groups excluding tert-OH is 1. The van der Waals surface area contributed by atoms with Gasteiger partial charge in [-0.25, -0.2) is 4.79 Å². The fraction of sp³-hybridized carbons (Fsp3) is 0.579. The summed E-state index contributed by atoms with van der Waals surface area (Å²) in [5.74, 6) is -0.209. The highest BCUT2D eigenvalue weighted by Gasteiger charge is 2.31. The molecule has 0 saturated carbocycles. The summed E-state index contributed by atoms with van der Waals surface area (Å²) >= 11 is 0. The number of piperidine rings is 1. The molecule has 2 rings (SSSR count). The number of aliphatic hydroxyl groups is 1. The van der Waals surface area contributed by atoms with Gasteiger partial charge in [0, 0.05) is 25.0 Å². The van der Waals surface area contributed by atoms with Crippen molar-refractivity contribution < 1.29 is 19.4 Å². The molecule has 1 heterocycles. The summed E-state index contributed by atoms with van der Waals surface area (Å²) in [6.45, 7) is 6.53. The van der Waals surface area contributed by atoms with Crippen molar-refractivity contribution in [2.24, 2.45) is 0 Å². The van der Waals surface area contributed by atoms with E-state index in [-0.39, 0.29) is 12.0 Å². The van der Waals surface area contributed by atoms with E-state index in [0.29, 0.717) is 32.4 Å². The first-order valence-electron chi connectivity index (χ1n) is 8.74. The number of hydrogen-bond acceptors (Lipinski definition) is 4. The van der Waals surface area contributed by atoms with Gasteiger partial charge in [-0.2, -0.15) is 0 Å². The van der Waals surface area contributed by atoms with Crippen LogP contribution in [0.4, 0.5) is 4.79 Å². The first-order valence-corrected chi connectivity index (χ1v) is 8.74. The Morgan fingerprint density at radius 3 is 2.40 bits per heavy atom. The van der Waals surface area contributed by atoms with Crippen LogP contribution in [-0.2, 0) is 16.0 Å². The van der Waals surface area contributed by atoms with Crippen molar-refractivity contribution in [3.05, 3.63) is 35.9 Å². The van der Waals surface area contributed by atoms with Crippen LogP contribution in [-0.4, -0.2) is 52.8 Å². The summed E-state index contributed by atoms with van der Waals surface area (Å²) < 4.78 is 5.47. The zero-order chi connectivity index (χ0) is 18.4. The Bertz CT molecular complexity index is 575. The van der Waals surface area contributed by atoms with Crippen LogP contribution in [0.15, 0.2) is 30.3 Å². The van der Waals surface area contributed by atoms with Gasteiger partial charge < -0.3 is 20.1 Å². The van der Waals surface area contributed by atoms with Crippen LogP contribution in [0, 0.1) is 0 Å². The second-order valence-corrected chi connectivity index (χ2v) is 7.52. The molecular weight excluding hydrogens is 320 g/mol. The lowest BCUT2D eigenvalue weighted by atomic mass is 10.0. The van der Waals surface area contributed by atoms with Crippen molar-refractivity contribution in [3.63, 3.8) is 0 Å². The van der Waals surface area contributed by atoms with Gasteiger partial charge in [0.2, 0.25) is 0 Å². The SMILES string of the molecule is CC(C)(C)NC(=O)OC(Cc1ccccc1)C(=O)N1CCC(O)CC1. The van der Waals surface area contributed by atoms with E-state index < -0.39 is 17.7 Å². The molecule has 1 aromatic carbocycles. The Morgan fingerprint density at radius 1 is 1.24 bits per heavy atom. The highest BCUT2D eigenvalue weighted by atomic mass is 16.6. The fourth-order valence-corrected chi connectivity index (χ4v) is 2.76. The molecule has 0 radical (unpaired) electrons. The molecule has 138 valence electrons. The largest absolute Gasteiger partial charge is 0.436 e. The molecule has 1 aromatic rings. The van der Waals surface area contributed by atoms with Crippen molar-refractivity contribution in [1.29, 1.82) is 0 Å². The predicted molar refractivity (Wildman–Crippen MR) is 95.1 cm³/mol.